The molecule has 2 aromatic carbocycles. The van der Waals surface area contributed by atoms with E-state index in [2.05, 4.69) is 76.4 Å². The molecular weight excluding hydrogens is 388 g/mol. The van der Waals surface area contributed by atoms with Gasteiger partial charge in [0.05, 0.1) is 0 Å². The molecule has 0 aromatic heterocycles. The first kappa shape index (κ1) is 22.2. The average Bonchev–Trinajstić information content (AvgIpc) is 3.02. The molecule has 29 heavy (non-hydrogen) atoms. The van der Waals surface area contributed by atoms with Crippen molar-refractivity contribution in [1.82, 2.24) is 0 Å². The molecule has 0 bridgehead atoms. The molecule has 0 saturated heterocycles. The Morgan fingerprint density at radius 1 is 0.724 bits per heavy atom. The van der Waals surface area contributed by atoms with E-state index in [9.17, 15) is 0 Å². The minimum atomic E-state index is -1.79. The van der Waals surface area contributed by atoms with Crippen LogP contribution in [-0.2, 0) is 6.42 Å². The van der Waals surface area contributed by atoms with E-state index >= 15 is 0 Å². The summed E-state index contributed by atoms with van der Waals surface area (Å²) in [6.45, 7) is 13.9. The number of unbranched alkanes of at least 4 members (excludes halogenated alkanes) is 2. The lowest BCUT2D eigenvalue weighted by atomic mass is 10.1. The van der Waals surface area contributed by atoms with E-state index in [1.807, 2.05) is 0 Å². The maximum atomic E-state index is 6.76. The summed E-state index contributed by atoms with van der Waals surface area (Å²) in [5, 5.41) is 0. The Bertz CT molecular complexity index is 843. The fourth-order valence-corrected chi connectivity index (χ4v) is 8.33. The van der Waals surface area contributed by atoms with Crippen LogP contribution in [0.3, 0.4) is 0 Å². The molecule has 2 nitrogen and oxygen atoms in total. The first-order chi connectivity index (χ1) is 13.7. The summed E-state index contributed by atoms with van der Waals surface area (Å²) in [7, 11) is -3.56. The van der Waals surface area contributed by atoms with Crippen LogP contribution in [0.25, 0.3) is 11.1 Å². The predicted molar refractivity (Wildman–Crippen MR) is 130 cm³/mol. The zero-order chi connectivity index (χ0) is 21.1. The second-order valence-electron chi connectivity index (χ2n) is 9.72. The Balaban J connectivity index is 1.97. The van der Waals surface area contributed by atoms with Crippen LogP contribution < -0.4 is 8.85 Å². The Kier molecular flexibility index (Phi) is 6.95. The van der Waals surface area contributed by atoms with Crippen molar-refractivity contribution in [1.29, 1.82) is 0 Å². The molecule has 2 aromatic rings. The number of rotatable bonds is 10. The van der Waals surface area contributed by atoms with Gasteiger partial charge in [0, 0.05) is 0 Å². The SMILES string of the molecule is CCCC[Si](C)(C)Oc1cc2c(cc1O[Si](C)(C)CCCC)-c1ccccc1C2. The molecule has 0 unspecified atom stereocenters. The smallest absolute Gasteiger partial charge is 0.245 e. The molecule has 0 spiro atoms. The third-order valence-electron chi connectivity index (χ3n) is 5.90. The fourth-order valence-electron chi connectivity index (χ4n) is 4.20. The summed E-state index contributed by atoms with van der Waals surface area (Å²) in [4.78, 5) is 0. The molecule has 0 atom stereocenters. The quantitative estimate of drug-likeness (QED) is 0.305. The summed E-state index contributed by atoms with van der Waals surface area (Å²) < 4.78 is 13.5. The van der Waals surface area contributed by atoms with Gasteiger partial charge in [0.2, 0.25) is 16.6 Å². The largest absolute Gasteiger partial charge is 0.542 e. The molecule has 0 heterocycles. The lowest BCUT2D eigenvalue weighted by Crippen LogP contribution is -2.36. The topological polar surface area (TPSA) is 18.5 Å². The highest BCUT2D eigenvalue weighted by Crippen LogP contribution is 2.44. The molecule has 3 rings (SSSR count). The molecule has 0 saturated carbocycles. The zero-order valence-electron chi connectivity index (χ0n) is 19.2. The first-order valence-electron chi connectivity index (χ1n) is 11.4. The van der Waals surface area contributed by atoms with Gasteiger partial charge in [-0.1, -0.05) is 63.8 Å². The molecule has 0 amide bonds. The normalized spacial score (nSPS) is 13.2. The van der Waals surface area contributed by atoms with Crippen molar-refractivity contribution >= 4 is 16.6 Å². The zero-order valence-corrected chi connectivity index (χ0v) is 21.2. The summed E-state index contributed by atoms with van der Waals surface area (Å²) >= 11 is 0. The first-order valence-corrected chi connectivity index (χ1v) is 17.6. The van der Waals surface area contributed by atoms with Gasteiger partial charge in [-0.2, -0.15) is 0 Å². The summed E-state index contributed by atoms with van der Waals surface area (Å²) in [5.41, 5.74) is 5.48. The van der Waals surface area contributed by atoms with Crippen LogP contribution in [0.1, 0.15) is 50.7 Å². The summed E-state index contributed by atoms with van der Waals surface area (Å²) in [5.74, 6) is 1.96. The Labute approximate surface area is 179 Å². The molecule has 0 fully saturated rings. The molecule has 1 aliphatic rings. The second kappa shape index (κ2) is 9.09. The van der Waals surface area contributed by atoms with Crippen molar-refractivity contribution in [2.45, 2.75) is 84.2 Å². The lowest BCUT2D eigenvalue weighted by molar-refractivity contribution is 0.477. The summed E-state index contributed by atoms with van der Waals surface area (Å²) in [6, 6.07) is 15.7. The van der Waals surface area contributed by atoms with Gasteiger partial charge in [-0.25, -0.2) is 0 Å². The highest BCUT2D eigenvalue weighted by molar-refractivity contribution is 6.72. The highest BCUT2D eigenvalue weighted by atomic mass is 28.4. The van der Waals surface area contributed by atoms with Crippen molar-refractivity contribution in [3.63, 3.8) is 0 Å². The monoisotopic (exact) mass is 426 g/mol. The van der Waals surface area contributed by atoms with Gasteiger partial charge < -0.3 is 8.85 Å². The van der Waals surface area contributed by atoms with Crippen LogP contribution >= 0.6 is 0 Å². The van der Waals surface area contributed by atoms with Gasteiger partial charge in [0.25, 0.3) is 0 Å². The predicted octanol–water partition coefficient (Wildman–Crippen LogP) is 8.03. The minimum absolute atomic E-state index is 0.977. The van der Waals surface area contributed by atoms with Crippen molar-refractivity contribution in [2.24, 2.45) is 0 Å². The van der Waals surface area contributed by atoms with Gasteiger partial charge in [-0.05, 0) is 79.1 Å². The number of fused-ring (bicyclic) bond motifs is 3. The van der Waals surface area contributed by atoms with Crippen LogP contribution in [0.15, 0.2) is 36.4 Å². The van der Waals surface area contributed by atoms with E-state index in [1.165, 1.54) is 60.0 Å². The van der Waals surface area contributed by atoms with E-state index < -0.39 is 16.6 Å². The minimum Gasteiger partial charge on any atom is -0.542 e. The molecule has 0 aliphatic heterocycles. The van der Waals surface area contributed by atoms with Gasteiger partial charge in [-0.15, -0.1) is 0 Å². The highest BCUT2D eigenvalue weighted by Gasteiger charge is 2.31. The Morgan fingerprint density at radius 3 is 1.86 bits per heavy atom. The van der Waals surface area contributed by atoms with Crippen LogP contribution in [-0.4, -0.2) is 16.6 Å². The van der Waals surface area contributed by atoms with Crippen molar-refractivity contribution in [3.8, 4) is 22.6 Å². The molecule has 0 radical (unpaired) electrons. The fraction of sp³-hybridized carbons (Fsp3) is 0.520. The van der Waals surface area contributed by atoms with E-state index in [-0.39, 0.29) is 0 Å². The van der Waals surface area contributed by atoms with Gasteiger partial charge in [0.15, 0.2) is 0 Å². The van der Waals surface area contributed by atoms with Crippen LogP contribution in [0, 0.1) is 0 Å². The van der Waals surface area contributed by atoms with Gasteiger partial charge in [-0.3, -0.25) is 0 Å². The number of hydrogen-bond donors (Lipinski definition) is 0. The molecular formula is C25H38O2Si2. The average molecular weight is 427 g/mol. The third-order valence-corrected chi connectivity index (χ3v) is 10.6. The van der Waals surface area contributed by atoms with Crippen molar-refractivity contribution in [2.75, 3.05) is 0 Å². The van der Waals surface area contributed by atoms with E-state index in [4.69, 9.17) is 8.85 Å². The van der Waals surface area contributed by atoms with Gasteiger partial charge in [0.1, 0.15) is 11.5 Å². The lowest BCUT2D eigenvalue weighted by Gasteiger charge is -2.30. The second-order valence-corrected chi connectivity index (χ2v) is 18.2. The maximum Gasteiger partial charge on any atom is 0.245 e. The number of hydrogen-bond acceptors (Lipinski definition) is 2. The van der Waals surface area contributed by atoms with E-state index in [0.717, 1.165) is 17.9 Å². The Hall–Kier alpha value is -1.53. The van der Waals surface area contributed by atoms with Crippen LogP contribution in [0.4, 0.5) is 0 Å². The molecule has 1 aliphatic carbocycles. The standard InChI is InChI=1S/C25H38O2Si2/c1-7-9-15-28(3,4)26-24-18-21-17-20-13-11-12-14-22(20)23(21)19-25(24)27-29(5,6)16-10-8-2/h11-14,18-19H,7-10,15-17H2,1-6H3. The molecule has 4 heteroatoms. The maximum absolute atomic E-state index is 6.76. The molecule has 158 valence electrons. The third kappa shape index (κ3) is 5.55. The van der Waals surface area contributed by atoms with Crippen LogP contribution in [0.2, 0.25) is 38.3 Å². The van der Waals surface area contributed by atoms with Crippen molar-refractivity contribution < 1.29 is 8.85 Å². The van der Waals surface area contributed by atoms with E-state index in [1.54, 1.807) is 0 Å². The Morgan fingerprint density at radius 2 is 1.28 bits per heavy atom. The van der Waals surface area contributed by atoms with Crippen molar-refractivity contribution in [3.05, 3.63) is 47.5 Å². The van der Waals surface area contributed by atoms with Gasteiger partial charge >= 0.3 is 0 Å². The molecule has 0 N–H and O–H groups in total. The van der Waals surface area contributed by atoms with E-state index in [0.29, 0.717) is 0 Å². The number of benzene rings is 2. The summed E-state index contributed by atoms with van der Waals surface area (Å²) in [6.07, 6.45) is 5.91. The van der Waals surface area contributed by atoms with Crippen LogP contribution in [0.5, 0.6) is 11.5 Å².